The molecule has 6 heteroatoms. The lowest BCUT2D eigenvalue weighted by molar-refractivity contribution is 0.470. The van der Waals surface area contributed by atoms with Crippen LogP contribution < -0.4 is 0 Å². The summed E-state index contributed by atoms with van der Waals surface area (Å²) in [6, 6.07) is 3.53. The highest BCUT2D eigenvalue weighted by molar-refractivity contribution is 7.90. The van der Waals surface area contributed by atoms with Gasteiger partial charge in [0.1, 0.15) is 5.21 Å². The fraction of sp³-hybridized carbons (Fsp3) is 0.375. The largest absolute Gasteiger partial charge is 0.265 e. The van der Waals surface area contributed by atoms with Crippen molar-refractivity contribution in [1.82, 2.24) is 9.29 Å². The first-order valence-corrected chi connectivity index (χ1v) is 6.09. The molecule has 0 saturated heterocycles. The summed E-state index contributed by atoms with van der Waals surface area (Å²) in [5.74, 6) is 0. The molecule has 0 aliphatic carbocycles. The molecule has 14 heavy (non-hydrogen) atoms. The maximum atomic E-state index is 11.3. The lowest BCUT2D eigenvalue weighted by Crippen LogP contribution is -2.27. The van der Waals surface area contributed by atoms with Crippen LogP contribution in [0.2, 0.25) is 0 Å². The number of pyridine rings is 1. The highest BCUT2D eigenvalue weighted by Crippen LogP contribution is 2.07. The number of nitrogens with zero attached hydrogens (tertiary/aromatic N) is 2. The third-order valence-corrected chi connectivity index (χ3v) is 3.95. The van der Waals surface area contributed by atoms with E-state index in [9.17, 15) is 8.42 Å². The number of rotatable bonds is 4. The molecule has 1 rings (SSSR count). The lowest BCUT2D eigenvalue weighted by atomic mass is 10.3. The van der Waals surface area contributed by atoms with Crippen LogP contribution in [0, 0.1) is 0 Å². The summed E-state index contributed by atoms with van der Waals surface area (Å²) in [5, 5.41) is -0.394. The first-order chi connectivity index (χ1) is 6.56. The van der Waals surface area contributed by atoms with Crippen LogP contribution in [0.4, 0.5) is 0 Å². The van der Waals surface area contributed by atoms with Crippen molar-refractivity contribution in [2.75, 3.05) is 12.3 Å². The van der Waals surface area contributed by atoms with Gasteiger partial charge in [-0.2, -0.15) is 4.31 Å². The van der Waals surface area contributed by atoms with Crippen LogP contribution in [-0.2, 0) is 16.6 Å². The Balaban J connectivity index is 2.72. The molecule has 0 unspecified atom stereocenters. The molecule has 0 aliphatic heterocycles. The van der Waals surface area contributed by atoms with Gasteiger partial charge in [-0.05, 0) is 17.7 Å². The molecule has 0 aromatic carbocycles. The molecule has 1 aromatic rings. The van der Waals surface area contributed by atoms with E-state index >= 15 is 0 Å². The minimum absolute atomic E-state index is 0.317. The first kappa shape index (κ1) is 11.4. The van der Waals surface area contributed by atoms with Crippen LogP contribution in [0.1, 0.15) is 5.56 Å². The van der Waals surface area contributed by atoms with E-state index in [0.717, 1.165) is 5.56 Å². The lowest BCUT2D eigenvalue weighted by Gasteiger charge is -2.14. The Morgan fingerprint density at radius 3 is 2.50 bits per heavy atom. The van der Waals surface area contributed by atoms with Gasteiger partial charge in [-0.25, -0.2) is 8.42 Å². The Morgan fingerprint density at radius 1 is 1.43 bits per heavy atom. The van der Waals surface area contributed by atoms with Crippen LogP contribution in [0.15, 0.2) is 24.5 Å². The van der Waals surface area contributed by atoms with Crippen molar-refractivity contribution in [2.24, 2.45) is 0 Å². The van der Waals surface area contributed by atoms with Gasteiger partial charge in [0.2, 0.25) is 10.0 Å². The van der Waals surface area contributed by atoms with Crippen LogP contribution >= 0.6 is 11.6 Å². The van der Waals surface area contributed by atoms with Crippen molar-refractivity contribution in [2.45, 2.75) is 6.54 Å². The smallest absolute Gasteiger partial charge is 0.228 e. The summed E-state index contributed by atoms with van der Waals surface area (Å²) in [6.07, 6.45) is 3.24. The molecule has 4 nitrogen and oxygen atoms in total. The molecule has 0 spiro atoms. The SMILES string of the molecule is CN(Cc1ccncc1)S(=O)(=O)CCl. The highest BCUT2D eigenvalue weighted by Gasteiger charge is 2.15. The van der Waals surface area contributed by atoms with E-state index in [1.807, 2.05) is 0 Å². The van der Waals surface area contributed by atoms with Gasteiger partial charge in [0.25, 0.3) is 0 Å². The number of sulfonamides is 1. The van der Waals surface area contributed by atoms with Crippen LogP contribution in [0.5, 0.6) is 0 Å². The zero-order valence-corrected chi connectivity index (χ0v) is 9.29. The summed E-state index contributed by atoms with van der Waals surface area (Å²) in [7, 11) is -1.82. The molecular formula is C8H11ClN2O2S. The summed E-state index contributed by atoms with van der Waals surface area (Å²) < 4.78 is 23.8. The van der Waals surface area contributed by atoms with E-state index in [0.29, 0.717) is 6.54 Å². The molecule has 1 heterocycles. The summed E-state index contributed by atoms with van der Waals surface area (Å²) in [6.45, 7) is 0.317. The first-order valence-electron chi connectivity index (χ1n) is 3.95. The molecule has 0 aliphatic rings. The maximum absolute atomic E-state index is 11.3. The number of hydrogen-bond donors (Lipinski definition) is 0. The number of alkyl halides is 1. The zero-order chi connectivity index (χ0) is 10.6. The third-order valence-electron chi connectivity index (χ3n) is 1.77. The van der Waals surface area contributed by atoms with Gasteiger partial charge >= 0.3 is 0 Å². The Hall–Kier alpha value is -0.650. The topological polar surface area (TPSA) is 50.3 Å². The van der Waals surface area contributed by atoms with Gasteiger partial charge in [-0.1, -0.05) is 0 Å². The summed E-state index contributed by atoms with van der Waals surface area (Å²) in [4.78, 5) is 3.84. The van der Waals surface area contributed by atoms with Gasteiger partial charge in [-0.3, -0.25) is 4.98 Å². The molecule has 0 amide bonds. The minimum Gasteiger partial charge on any atom is -0.265 e. The maximum Gasteiger partial charge on any atom is 0.228 e. The van der Waals surface area contributed by atoms with E-state index in [4.69, 9.17) is 11.6 Å². The quantitative estimate of drug-likeness (QED) is 0.732. The van der Waals surface area contributed by atoms with Crippen molar-refractivity contribution in [1.29, 1.82) is 0 Å². The normalized spacial score (nSPS) is 11.9. The number of halogens is 1. The van der Waals surface area contributed by atoms with E-state index in [2.05, 4.69) is 4.98 Å². The Morgan fingerprint density at radius 2 is 2.00 bits per heavy atom. The van der Waals surface area contributed by atoms with Gasteiger partial charge in [-0.15, -0.1) is 11.6 Å². The van der Waals surface area contributed by atoms with E-state index in [1.54, 1.807) is 24.5 Å². The fourth-order valence-electron chi connectivity index (χ4n) is 0.927. The molecule has 0 radical (unpaired) electrons. The highest BCUT2D eigenvalue weighted by atomic mass is 35.5. The fourth-order valence-corrected chi connectivity index (χ4v) is 1.94. The zero-order valence-electron chi connectivity index (χ0n) is 7.72. The van der Waals surface area contributed by atoms with Gasteiger partial charge in [0.05, 0.1) is 0 Å². The van der Waals surface area contributed by atoms with Crippen molar-refractivity contribution < 1.29 is 8.42 Å². The summed E-state index contributed by atoms with van der Waals surface area (Å²) >= 11 is 5.31. The molecular weight excluding hydrogens is 224 g/mol. The predicted molar refractivity (Wildman–Crippen MR) is 55.3 cm³/mol. The summed E-state index contributed by atoms with van der Waals surface area (Å²) in [5.41, 5.74) is 0.885. The molecule has 0 N–H and O–H groups in total. The molecule has 78 valence electrons. The minimum atomic E-state index is -3.32. The second-order valence-electron chi connectivity index (χ2n) is 2.83. The molecule has 0 saturated carbocycles. The van der Waals surface area contributed by atoms with Crippen LogP contribution in [-0.4, -0.2) is 30.0 Å². The van der Waals surface area contributed by atoms with Crippen LogP contribution in [0.25, 0.3) is 0 Å². The van der Waals surface area contributed by atoms with Gasteiger partial charge in [0, 0.05) is 26.0 Å². The Labute approximate surface area is 88.6 Å². The molecule has 0 bridgehead atoms. The number of hydrogen-bond acceptors (Lipinski definition) is 3. The standard InChI is InChI=1S/C8H11ClN2O2S/c1-11(14(12,13)7-9)6-8-2-4-10-5-3-8/h2-5H,6-7H2,1H3. The Bertz CT molecular complexity index is 380. The second-order valence-corrected chi connectivity index (χ2v) is 5.49. The molecule has 0 atom stereocenters. The Kier molecular flexibility index (Phi) is 3.86. The molecule has 0 fully saturated rings. The van der Waals surface area contributed by atoms with E-state index < -0.39 is 15.2 Å². The third kappa shape index (κ3) is 2.94. The monoisotopic (exact) mass is 234 g/mol. The average Bonchev–Trinajstić information content (AvgIpc) is 2.19. The number of aromatic nitrogens is 1. The van der Waals surface area contributed by atoms with E-state index in [1.165, 1.54) is 11.4 Å². The van der Waals surface area contributed by atoms with Gasteiger partial charge < -0.3 is 0 Å². The van der Waals surface area contributed by atoms with Crippen molar-refractivity contribution >= 4 is 21.6 Å². The predicted octanol–water partition coefficient (Wildman–Crippen LogP) is 1.04. The van der Waals surface area contributed by atoms with Crippen LogP contribution in [0.3, 0.4) is 0 Å². The second kappa shape index (κ2) is 4.72. The van der Waals surface area contributed by atoms with E-state index in [-0.39, 0.29) is 0 Å². The average molecular weight is 235 g/mol. The van der Waals surface area contributed by atoms with Gasteiger partial charge in [0.15, 0.2) is 0 Å². The van der Waals surface area contributed by atoms with Crippen molar-refractivity contribution in [3.05, 3.63) is 30.1 Å². The van der Waals surface area contributed by atoms with Crippen molar-refractivity contribution in [3.63, 3.8) is 0 Å². The van der Waals surface area contributed by atoms with Crippen molar-refractivity contribution in [3.8, 4) is 0 Å². The molecule has 1 aromatic heterocycles.